The van der Waals surface area contributed by atoms with Crippen LogP contribution in [0.3, 0.4) is 0 Å². The molecule has 2 nitrogen and oxygen atoms in total. The zero-order chi connectivity index (χ0) is 13.2. The minimum atomic E-state index is -0.181. The highest BCUT2D eigenvalue weighted by Crippen LogP contribution is 2.28. The van der Waals surface area contributed by atoms with Crippen molar-refractivity contribution in [3.63, 3.8) is 0 Å². The van der Waals surface area contributed by atoms with Gasteiger partial charge in [0.25, 0.3) is 0 Å². The summed E-state index contributed by atoms with van der Waals surface area (Å²) in [6.07, 6.45) is 0. The van der Waals surface area contributed by atoms with Gasteiger partial charge in [-0.05, 0) is 43.0 Å². The van der Waals surface area contributed by atoms with Gasteiger partial charge in [0.05, 0.1) is 0 Å². The summed E-state index contributed by atoms with van der Waals surface area (Å²) >= 11 is 0. The van der Waals surface area contributed by atoms with E-state index < -0.39 is 0 Å². The second-order valence-corrected chi connectivity index (χ2v) is 5.22. The minimum Gasteiger partial charge on any atom is -0.374 e. The maximum absolute atomic E-state index is 13.6. The molecule has 0 saturated heterocycles. The molecule has 0 heterocycles. The third-order valence-electron chi connectivity index (χ3n) is 2.85. The molecule has 17 heavy (non-hydrogen) atoms. The van der Waals surface area contributed by atoms with Crippen LogP contribution >= 0.6 is 0 Å². The van der Waals surface area contributed by atoms with Gasteiger partial charge in [-0.2, -0.15) is 0 Å². The topological polar surface area (TPSA) is 29.3 Å². The Hall–Kier alpha value is -1.09. The van der Waals surface area contributed by atoms with E-state index in [9.17, 15) is 4.39 Å². The fourth-order valence-corrected chi connectivity index (χ4v) is 2.02. The van der Waals surface area contributed by atoms with Crippen molar-refractivity contribution in [2.24, 2.45) is 11.7 Å². The predicted molar refractivity (Wildman–Crippen MR) is 71.8 cm³/mol. The number of benzene rings is 1. The van der Waals surface area contributed by atoms with E-state index in [1.807, 2.05) is 20.0 Å². The molecule has 1 aromatic rings. The van der Waals surface area contributed by atoms with Gasteiger partial charge in [0.1, 0.15) is 5.82 Å². The van der Waals surface area contributed by atoms with Crippen LogP contribution in [0.4, 0.5) is 10.1 Å². The second kappa shape index (κ2) is 5.50. The first-order chi connectivity index (χ1) is 7.82. The Morgan fingerprint density at radius 1 is 1.29 bits per heavy atom. The SMILES string of the molecule is Cc1cc(N(C)CC(C)C)c(C(C)N)cc1F. The number of aryl methyl sites for hydroxylation is 1. The fourth-order valence-electron chi connectivity index (χ4n) is 2.02. The number of rotatable bonds is 4. The van der Waals surface area contributed by atoms with Crippen LogP contribution in [0, 0.1) is 18.7 Å². The molecule has 0 aliphatic carbocycles. The highest BCUT2D eigenvalue weighted by Gasteiger charge is 2.14. The van der Waals surface area contributed by atoms with E-state index in [0.29, 0.717) is 11.5 Å². The van der Waals surface area contributed by atoms with Crippen LogP contribution in [-0.4, -0.2) is 13.6 Å². The van der Waals surface area contributed by atoms with Crippen molar-refractivity contribution in [2.75, 3.05) is 18.5 Å². The second-order valence-electron chi connectivity index (χ2n) is 5.22. The molecule has 1 aromatic carbocycles. The molecule has 1 unspecified atom stereocenters. The molecular weight excluding hydrogens is 215 g/mol. The number of anilines is 1. The Morgan fingerprint density at radius 3 is 2.35 bits per heavy atom. The molecule has 0 aliphatic rings. The summed E-state index contributed by atoms with van der Waals surface area (Å²) in [6, 6.07) is 3.29. The van der Waals surface area contributed by atoms with Gasteiger partial charge in [-0.15, -0.1) is 0 Å². The zero-order valence-corrected chi connectivity index (χ0v) is 11.4. The van der Waals surface area contributed by atoms with Gasteiger partial charge in [0, 0.05) is 25.3 Å². The van der Waals surface area contributed by atoms with E-state index in [1.54, 1.807) is 13.0 Å². The van der Waals surface area contributed by atoms with Crippen molar-refractivity contribution in [1.82, 2.24) is 0 Å². The van der Waals surface area contributed by atoms with Crippen LogP contribution in [0.2, 0.25) is 0 Å². The molecule has 0 bridgehead atoms. The standard InChI is InChI=1S/C14H23FN2/c1-9(2)8-17(5)14-6-10(3)13(15)7-12(14)11(4)16/h6-7,9,11H,8,16H2,1-5H3. The first-order valence-corrected chi connectivity index (χ1v) is 6.09. The summed E-state index contributed by atoms with van der Waals surface area (Å²) in [7, 11) is 2.03. The molecule has 96 valence electrons. The largest absolute Gasteiger partial charge is 0.374 e. The first-order valence-electron chi connectivity index (χ1n) is 6.09. The van der Waals surface area contributed by atoms with E-state index in [-0.39, 0.29) is 11.9 Å². The van der Waals surface area contributed by atoms with Crippen molar-refractivity contribution >= 4 is 5.69 Å². The molecule has 0 aromatic heterocycles. The highest BCUT2D eigenvalue weighted by molar-refractivity contribution is 5.56. The molecule has 3 heteroatoms. The summed E-state index contributed by atoms with van der Waals surface area (Å²) in [5, 5.41) is 0. The average molecular weight is 238 g/mol. The lowest BCUT2D eigenvalue weighted by Crippen LogP contribution is -2.25. The van der Waals surface area contributed by atoms with Crippen LogP contribution in [-0.2, 0) is 0 Å². The first kappa shape index (κ1) is 14.0. The average Bonchev–Trinajstić information content (AvgIpc) is 2.19. The van der Waals surface area contributed by atoms with Gasteiger partial charge in [-0.25, -0.2) is 4.39 Å². The molecule has 2 N–H and O–H groups in total. The van der Waals surface area contributed by atoms with Crippen molar-refractivity contribution in [3.05, 3.63) is 29.1 Å². The third-order valence-corrected chi connectivity index (χ3v) is 2.85. The Kier molecular flexibility index (Phi) is 4.52. The van der Waals surface area contributed by atoms with E-state index in [2.05, 4.69) is 18.7 Å². The molecule has 0 radical (unpaired) electrons. The number of nitrogens with zero attached hydrogens (tertiary/aromatic N) is 1. The Balaban J connectivity index is 3.16. The third kappa shape index (κ3) is 3.43. The molecule has 0 spiro atoms. The number of nitrogens with two attached hydrogens (primary N) is 1. The Morgan fingerprint density at radius 2 is 1.88 bits per heavy atom. The molecule has 1 rings (SSSR count). The Bertz CT molecular complexity index is 386. The van der Waals surface area contributed by atoms with Gasteiger partial charge >= 0.3 is 0 Å². The summed E-state index contributed by atoms with van der Waals surface area (Å²) in [5.74, 6) is 0.380. The summed E-state index contributed by atoms with van der Waals surface area (Å²) in [6.45, 7) is 8.94. The summed E-state index contributed by atoms with van der Waals surface area (Å²) < 4.78 is 13.6. The smallest absolute Gasteiger partial charge is 0.126 e. The molecular formula is C14H23FN2. The van der Waals surface area contributed by atoms with E-state index in [4.69, 9.17) is 5.73 Å². The van der Waals surface area contributed by atoms with Gasteiger partial charge in [-0.3, -0.25) is 0 Å². The van der Waals surface area contributed by atoms with Gasteiger partial charge < -0.3 is 10.6 Å². The van der Waals surface area contributed by atoms with Gasteiger partial charge in [0.15, 0.2) is 0 Å². The summed E-state index contributed by atoms with van der Waals surface area (Å²) in [4.78, 5) is 2.15. The summed E-state index contributed by atoms with van der Waals surface area (Å²) in [5.41, 5.74) is 8.48. The van der Waals surface area contributed by atoms with Crippen molar-refractivity contribution in [3.8, 4) is 0 Å². The lowest BCUT2D eigenvalue weighted by molar-refractivity contribution is 0.608. The van der Waals surface area contributed by atoms with Crippen molar-refractivity contribution in [1.29, 1.82) is 0 Å². The lowest BCUT2D eigenvalue weighted by Gasteiger charge is -2.26. The normalized spacial score (nSPS) is 12.9. The number of hydrogen-bond donors (Lipinski definition) is 1. The van der Waals surface area contributed by atoms with Crippen LogP contribution in [0.5, 0.6) is 0 Å². The van der Waals surface area contributed by atoms with Crippen LogP contribution < -0.4 is 10.6 Å². The zero-order valence-electron chi connectivity index (χ0n) is 11.4. The van der Waals surface area contributed by atoms with Crippen molar-refractivity contribution < 1.29 is 4.39 Å². The van der Waals surface area contributed by atoms with Crippen LogP contribution in [0.25, 0.3) is 0 Å². The minimum absolute atomic E-state index is 0.158. The molecule has 0 aliphatic heterocycles. The fraction of sp³-hybridized carbons (Fsp3) is 0.571. The quantitative estimate of drug-likeness (QED) is 0.872. The molecule has 0 saturated carbocycles. The van der Waals surface area contributed by atoms with Crippen LogP contribution in [0.1, 0.15) is 37.9 Å². The lowest BCUT2D eigenvalue weighted by atomic mass is 10.0. The number of halogens is 1. The predicted octanol–water partition coefficient (Wildman–Crippen LogP) is 3.25. The maximum Gasteiger partial charge on any atom is 0.126 e. The molecule has 0 fully saturated rings. The molecule has 1 atom stereocenters. The highest BCUT2D eigenvalue weighted by atomic mass is 19.1. The molecule has 0 amide bonds. The van der Waals surface area contributed by atoms with Gasteiger partial charge in [0.2, 0.25) is 0 Å². The van der Waals surface area contributed by atoms with Crippen molar-refractivity contribution in [2.45, 2.75) is 33.7 Å². The maximum atomic E-state index is 13.6. The van der Waals surface area contributed by atoms with E-state index in [1.165, 1.54) is 0 Å². The van der Waals surface area contributed by atoms with Crippen LogP contribution in [0.15, 0.2) is 12.1 Å². The van der Waals surface area contributed by atoms with E-state index in [0.717, 1.165) is 17.8 Å². The Labute approximate surface area is 104 Å². The number of hydrogen-bond acceptors (Lipinski definition) is 2. The van der Waals surface area contributed by atoms with Gasteiger partial charge in [-0.1, -0.05) is 13.8 Å². The van der Waals surface area contributed by atoms with E-state index >= 15 is 0 Å². The monoisotopic (exact) mass is 238 g/mol.